The molecule has 2 N–H and O–H groups in total. The molecule has 1 fully saturated rings. The number of hydrogen-bond donors (Lipinski definition) is 1. The molecule has 1 saturated heterocycles. The van der Waals surface area contributed by atoms with Crippen molar-refractivity contribution in [1.29, 1.82) is 0 Å². The van der Waals surface area contributed by atoms with Crippen LogP contribution in [0, 0.1) is 11.8 Å². The van der Waals surface area contributed by atoms with Crippen molar-refractivity contribution in [3.8, 4) is 0 Å². The van der Waals surface area contributed by atoms with E-state index in [0.29, 0.717) is 12.0 Å². The van der Waals surface area contributed by atoms with E-state index in [9.17, 15) is 0 Å². The van der Waals surface area contributed by atoms with E-state index in [-0.39, 0.29) is 0 Å². The minimum absolute atomic E-state index is 0.355. The smallest absolute Gasteiger partial charge is 0.0191 e. The summed E-state index contributed by atoms with van der Waals surface area (Å²) in [5.74, 6) is 1.58. The second-order valence-corrected chi connectivity index (χ2v) is 5.06. The van der Waals surface area contributed by atoms with Gasteiger partial charge in [-0.05, 0) is 37.8 Å². The normalized spacial score (nSPS) is 22.9. The molecule has 14 heavy (non-hydrogen) atoms. The van der Waals surface area contributed by atoms with E-state index in [1.807, 2.05) is 0 Å². The molecule has 0 saturated carbocycles. The quantitative estimate of drug-likeness (QED) is 0.749. The van der Waals surface area contributed by atoms with Crippen molar-refractivity contribution < 1.29 is 0 Å². The van der Waals surface area contributed by atoms with Gasteiger partial charge >= 0.3 is 0 Å². The Morgan fingerprint density at radius 3 is 2.29 bits per heavy atom. The highest BCUT2D eigenvalue weighted by Crippen LogP contribution is 2.20. The number of nitrogens with zero attached hydrogens (tertiary/aromatic N) is 1. The predicted octanol–water partition coefficient (Wildman–Crippen LogP) is 2.09. The molecule has 1 rings (SSSR count). The summed E-state index contributed by atoms with van der Waals surface area (Å²) in [5.41, 5.74) is 6.07. The maximum atomic E-state index is 6.07. The first-order valence-electron chi connectivity index (χ1n) is 6.11. The van der Waals surface area contributed by atoms with Crippen LogP contribution in [0.1, 0.15) is 40.0 Å². The van der Waals surface area contributed by atoms with Crippen LogP contribution < -0.4 is 5.73 Å². The van der Waals surface area contributed by atoms with Gasteiger partial charge in [0.15, 0.2) is 0 Å². The standard InChI is InChI=1S/C12H26N2/c1-4-11-5-7-14(8-6-11)9-12(13)10(2)3/h10-12H,4-9,13H2,1-3H3. The van der Waals surface area contributed by atoms with Gasteiger partial charge in [0.25, 0.3) is 0 Å². The first kappa shape index (κ1) is 12.0. The molecule has 0 aromatic rings. The van der Waals surface area contributed by atoms with Crippen LogP contribution >= 0.6 is 0 Å². The van der Waals surface area contributed by atoms with Gasteiger partial charge in [-0.2, -0.15) is 0 Å². The first-order chi connectivity index (χ1) is 6.63. The van der Waals surface area contributed by atoms with Crippen molar-refractivity contribution >= 4 is 0 Å². The highest BCUT2D eigenvalue weighted by atomic mass is 15.1. The number of rotatable bonds is 4. The molecule has 2 nitrogen and oxygen atoms in total. The Balaban J connectivity index is 2.22. The van der Waals surface area contributed by atoms with Crippen molar-refractivity contribution in [3.05, 3.63) is 0 Å². The molecule has 1 heterocycles. The zero-order chi connectivity index (χ0) is 10.6. The monoisotopic (exact) mass is 198 g/mol. The van der Waals surface area contributed by atoms with Gasteiger partial charge in [0.1, 0.15) is 0 Å². The summed E-state index contributed by atoms with van der Waals surface area (Å²) in [6.07, 6.45) is 4.10. The molecule has 2 heteroatoms. The van der Waals surface area contributed by atoms with E-state index >= 15 is 0 Å². The second-order valence-electron chi connectivity index (χ2n) is 5.06. The summed E-state index contributed by atoms with van der Waals surface area (Å²) in [6.45, 7) is 10.3. The Kier molecular flexibility index (Phi) is 4.90. The van der Waals surface area contributed by atoms with Crippen molar-refractivity contribution in [2.24, 2.45) is 17.6 Å². The van der Waals surface area contributed by atoms with Crippen molar-refractivity contribution in [3.63, 3.8) is 0 Å². The van der Waals surface area contributed by atoms with Crippen LogP contribution in [-0.4, -0.2) is 30.6 Å². The summed E-state index contributed by atoms with van der Waals surface area (Å²) < 4.78 is 0. The lowest BCUT2D eigenvalue weighted by Gasteiger charge is -2.33. The Morgan fingerprint density at radius 1 is 1.29 bits per heavy atom. The lowest BCUT2D eigenvalue weighted by molar-refractivity contribution is 0.164. The largest absolute Gasteiger partial charge is 0.326 e. The van der Waals surface area contributed by atoms with Gasteiger partial charge in [0.05, 0.1) is 0 Å². The lowest BCUT2D eigenvalue weighted by Crippen LogP contribution is -2.44. The lowest BCUT2D eigenvalue weighted by atomic mass is 9.93. The summed E-state index contributed by atoms with van der Waals surface area (Å²) in [7, 11) is 0. The third kappa shape index (κ3) is 3.58. The number of piperidine rings is 1. The van der Waals surface area contributed by atoms with Crippen LogP contribution in [-0.2, 0) is 0 Å². The highest BCUT2D eigenvalue weighted by Gasteiger charge is 2.20. The maximum Gasteiger partial charge on any atom is 0.0191 e. The molecule has 1 unspecified atom stereocenters. The maximum absolute atomic E-state index is 6.07. The van der Waals surface area contributed by atoms with Crippen molar-refractivity contribution in [2.45, 2.75) is 46.1 Å². The second kappa shape index (κ2) is 5.72. The third-order valence-corrected chi connectivity index (χ3v) is 3.61. The van der Waals surface area contributed by atoms with Crippen molar-refractivity contribution in [1.82, 2.24) is 4.90 Å². The fourth-order valence-corrected chi connectivity index (χ4v) is 2.09. The first-order valence-corrected chi connectivity index (χ1v) is 6.11. The molecule has 0 bridgehead atoms. The molecular formula is C12H26N2. The van der Waals surface area contributed by atoms with Gasteiger partial charge in [-0.1, -0.05) is 27.2 Å². The van der Waals surface area contributed by atoms with Crippen LogP contribution in [0.15, 0.2) is 0 Å². The molecule has 0 aromatic carbocycles. The molecule has 1 atom stereocenters. The average molecular weight is 198 g/mol. The van der Waals surface area contributed by atoms with Gasteiger partial charge in [-0.25, -0.2) is 0 Å². The number of likely N-dealkylation sites (tertiary alicyclic amines) is 1. The topological polar surface area (TPSA) is 29.3 Å². The van der Waals surface area contributed by atoms with Gasteiger partial charge in [0.2, 0.25) is 0 Å². The molecular weight excluding hydrogens is 172 g/mol. The van der Waals surface area contributed by atoms with E-state index < -0.39 is 0 Å². The average Bonchev–Trinajstić information content (AvgIpc) is 2.19. The van der Waals surface area contributed by atoms with E-state index in [2.05, 4.69) is 25.7 Å². The van der Waals surface area contributed by atoms with Crippen LogP contribution in [0.3, 0.4) is 0 Å². The summed E-state index contributed by atoms with van der Waals surface area (Å²) in [4.78, 5) is 2.54. The third-order valence-electron chi connectivity index (χ3n) is 3.61. The summed E-state index contributed by atoms with van der Waals surface area (Å²) in [6, 6.07) is 0.355. The Bertz CT molecular complexity index is 148. The van der Waals surface area contributed by atoms with Crippen LogP contribution in [0.25, 0.3) is 0 Å². The van der Waals surface area contributed by atoms with Crippen LogP contribution in [0.5, 0.6) is 0 Å². The minimum atomic E-state index is 0.355. The molecule has 1 aliphatic heterocycles. The highest BCUT2D eigenvalue weighted by molar-refractivity contribution is 4.76. The minimum Gasteiger partial charge on any atom is -0.326 e. The fraction of sp³-hybridized carbons (Fsp3) is 1.00. The van der Waals surface area contributed by atoms with Crippen molar-refractivity contribution in [2.75, 3.05) is 19.6 Å². The molecule has 1 aliphatic rings. The summed E-state index contributed by atoms with van der Waals surface area (Å²) >= 11 is 0. The molecule has 0 radical (unpaired) electrons. The Hall–Kier alpha value is -0.0800. The molecule has 84 valence electrons. The van der Waals surface area contributed by atoms with Gasteiger partial charge in [0, 0.05) is 12.6 Å². The predicted molar refractivity (Wildman–Crippen MR) is 62.3 cm³/mol. The SMILES string of the molecule is CCC1CCN(CC(N)C(C)C)CC1. The van der Waals surface area contributed by atoms with E-state index in [4.69, 9.17) is 5.73 Å². The molecule has 0 aliphatic carbocycles. The van der Waals surface area contributed by atoms with Crippen LogP contribution in [0.2, 0.25) is 0 Å². The Labute approximate surface area is 88.8 Å². The summed E-state index contributed by atoms with van der Waals surface area (Å²) in [5, 5.41) is 0. The zero-order valence-corrected chi connectivity index (χ0v) is 10.00. The molecule has 0 aromatic heterocycles. The molecule has 0 spiro atoms. The van der Waals surface area contributed by atoms with Gasteiger partial charge < -0.3 is 10.6 Å². The number of nitrogens with two attached hydrogens (primary N) is 1. The van der Waals surface area contributed by atoms with Gasteiger partial charge in [-0.15, -0.1) is 0 Å². The van der Waals surface area contributed by atoms with Crippen LogP contribution in [0.4, 0.5) is 0 Å². The number of hydrogen-bond acceptors (Lipinski definition) is 2. The zero-order valence-electron chi connectivity index (χ0n) is 10.00. The van der Waals surface area contributed by atoms with Gasteiger partial charge in [-0.3, -0.25) is 0 Å². The van der Waals surface area contributed by atoms with E-state index in [1.165, 1.54) is 32.4 Å². The fourth-order valence-electron chi connectivity index (χ4n) is 2.09. The molecule has 0 amide bonds. The van der Waals surface area contributed by atoms with E-state index in [1.54, 1.807) is 0 Å². The van der Waals surface area contributed by atoms with E-state index in [0.717, 1.165) is 12.5 Å². The Morgan fingerprint density at radius 2 is 1.86 bits per heavy atom.